The second kappa shape index (κ2) is 6.03. The molecule has 0 aromatic rings. The van der Waals surface area contributed by atoms with E-state index in [1.807, 2.05) is 0 Å². The molecular weight excluding hydrogens is 123 g/mol. The summed E-state index contributed by atoms with van der Waals surface area (Å²) in [6, 6.07) is 0. The molecule has 54 valence electrons. The molecule has 0 aromatic heterocycles. The maximum absolute atomic E-state index is 8.25. The van der Waals surface area contributed by atoms with Gasteiger partial charge in [0.2, 0.25) is 0 Å². The van der Waals surface area contributed by atoms with Gasteiger partial charge in [-0.15, -0.1) is 0 Å². The fraction of sp³-hybridized carbons (Fsp3) is 1.00. The van der Waals surface area contributed by atoms with Gasteiger partial charge < -0.3 is 19.8 Å². The van der Waals surface area contributed by atoms with Crippen LogP contribution in [-0.4, -0.2) is 35.7 Å². The Morgan fingerprint density at radius 1 is 1.22 bits per heavy atom. The molecule has 4 nitrogen and oxygen atoms in total. The van der Waals surface area contributed by atoms with Crippen LogP contribution in [0.4, 0.5) is 0 Å². The molecule has 0 fully saturated rings. The number of unbranched alkanes of at least 4 members (excludes halogenated alkanes) is 1. The van der Waals surface area contributed by atoms with Gasteiger partial charge in [0.1, 0.15) is 0 Å². The topological polar surface area (TPSA) is 69.9 Å². The van der Waals surface area contributed by atoms with Crippen molar-refractivity contribution >= 4 is 7.32 Å². The average Bonchev–Trinajstić information content (AvgIpc) is 1.80. The molecule has 0 saturated heterocycles. The van der Waals surface area contributed by atoms with Gasteiger partial charge in [0.15, 0.2) is 0 Å². The average molecular weight is 134 g/mol. The molecular formula is C4H11BO4. The van der Waals surface area contributed by atoms with Gasteiger partial charge >= 0.3 is 7.32 Å². The Morgan fingerprint density at radius 2 is 1.89 bits per heavy atom. The van der Waals surface area contributed by atoms with Gasteiger partial charge in [0.25, 0.3) is 0 Å². The number of hydrogen-bond acceptors (Lipinski definition) is 4. The van der Waals surface area contributed by atoms with E-state index >= 15 is 0 Å². The van der Waals surface area contributed by atoms with Crippen LogP contribution in [0.2, 0.25) is 0 Å². The van der Waals surface area contributed by atoms with Crippen LogP contribution in [0.1, 0.15) is 12.8 Å². The van der Waals surface area contributed by atoms with E-state index in [9.17, 15) is 0 Å². The molecule has 0 spiro atoms. The summed E-state index contributed by atoms with van der Waals surface area (Å²) in [4.78, 5) is 0. The van der Waals surface area contributed by atoms with Crippen molar-refractivity contribution in [2.24, 2.45) is 0 Å². The molecule has 0 aliphatic rings. The second-order valence-electron chi connectivity index (χ2n) is 1.63. The maximum atomic E-state index is 8.25. The normalized spacial score (nSPS) is 9.67. The van der Waals surface area contributed by atoms with Gasteiger partial charge in [0, 0.05) is 13.2 Å². The van der Waals surface area contributed by atoms with Gasteiger partial charge in [-0.25, -0.2) is 0 Å². The van der Waals surface area contributed by atoms with Crippen molar-refractivity contribution in [3.05, 3.63) is 0 Å². The van der Waals surface area contributed by atoms with Crippen molar-refractivity contribution in [1.82, 2.24) is 0 Å². The Morgan fingerprint density at radius 3 is 2.33 bits per heavy atom. The molecule has 5 heteroatoms. The molecule has 0 amide bonds. The van der Waals surface area contributed by atoms with Crippen LogP contribution in [0.15, 0.2) is 0 Å². The number of aliphatic hydroxyl groups excluding tert-OH is 1. The van der Waals surface area contributed by atoms with E-state index in [2.05, 4.69) is 4.65 Å². The highest BCUT2D eigenvalue weighted by Gasteiger charge is 2.05. The summed E-state index contributed by atoms with van der Waals surface area (Å²) in [6.45, 7) is 0.392. The summed E-state index contributed by atoms with van der Waals surface area (Å²) in [5.74, 6) is 0. The molecule has 0 heterocycles. The zero-order valence-corrected chi connectivity index (χ0v) is 5.16. The van der Waals surface area contributed by atoms with Crippen molar-refractivity contribution < 1.29 is 19.8 Å². The van der Waals surface area contributed by atoms with Gasteiger partial charge in [0.05, 0.1) is 0 Å². The van der Waals surface area contributed by atoms with E-state index in [-0.39, 0.29) is 13.2 Å². The van der Waals surface area contributed by atoms with E-state index in [1.165, 1.54) is 0 Å². The highest BCUT2D eigenvalue weighted by molar-refractivity contribution is 6.32. The van der Waals surface area contributed by atoms with E-state index in [0.29, 0.717) is 12.8 Å². The van der Waals surface area contributed by atoms with Crippen LogP contribution >= 0.6 is 0 Å². The lowest BCUT2D eigenvalue weighted by atomic mass is 10.2. The largest absolute Gasteiger partial charge is 0.633 e. The van der Waals surface area contributed by atoms with E-state index in [4.69, 9.17) is 15.2 Å². The Kier molecular flexibility index (Phi) is 5.97. The predicted octanol–water partition coefficient (Wildman–Crippen LogP) is -1.26. The van der Waals surface area contributed by atoms with Crippen LogP contribution in [-0.2, 0) is 4.65 Å². The SMILES string of the molecule is OCCCCOB(O)O. The van der Waals surface area contributed by atoms with E-state index in [1.54, 1.807) is 0 Å². The minimum Gasteiger partial charge on any atom is -0.402 e. The van der Waals surface area contributed by atoms with Crippen LogP contribution in [0, 0.1) is 0 Å². The van der Waals surface area contributed by atoms with Crippen LogP contribution in [0.25, 0.3) is 0 Å². The molecule has 0 aliphatic carbocycles. The molecule has 0 rings (SSSR count). The van der Waals surface area contributed by atoms with Gasteiger partial charge in [-0.1, -0.05) is 0 Å². The van der Waals surface area contributed by atoms with Crippen LogP contribution in [0.3, 0.4) is 0 Å². The molecule has 0 atom stereocenters. The summed E-state index contributed by atoms with van der Waals surface area (Å²) < 4.78 is 4.34. The minimum atomic E-state index is -1.68. The maximum Gasteiger partial charge on any atom is 0.633 e. The molecule has 0 unspecified atom stereocenters. The Balaban J connectivity index is 2.75. The van der Waals surface area contributed by atoms with Crippen molar-refractivity contribution in [3.63, 3.8) is 0 Å². The van der Waals surface area contributed by atoms with Crippen LogP contribution in [0.5, 0.6) is 0 Å². The molecule has 0 saturated carbocycles. The predicted molar refractivity (Wildman–Crippen MR) is 32.5 cm³/mol. The standard InChI is InChI=1S/C4H11BO4/c6-3-1-2-4-9-5(7)8/h6-8H,1-4H2. The van der Waals surface area contributed by atoms with Gasteiger partial charge in [-0.05, 0) is 12.8 Å². The molecule has 3 N–H and O–H groups in total. The summed E-state index contributed by atoms with van der Waals surface area (Å²) in [7, 11) is -1.68. The van der Waals surface area contributed by atoms with Crippen molar-refractivity contribution in [1.29, 1.82) is 0 Å². The van der Waals surface area contributed by atoms with Crippen molar-refractivity contribution in [3.8, 4) is 0 Å². The number of aliphatic hydroxyl groups is 1. The molecule has 0 radical (unpaired) electrons. The Bertz CT molecular complexity index is 58.5. The van der Waals surface area contributed by atoms with Gasteiger partial charge in [-0.2, -0.15) is 0 Å². The lowest BCUT2D eigenvalue weighted by Crippen LogP contribution is -2.17. The fourth-order valence-corrected chi connectivity index (χ4v) is 0.403. The Hall–Kier alpha value is -0.0951. The Labute approximate surface area is 54.3 Å². The first-order chi connectivity index (χ1) is 4.27. The first kappa shape index (κ1) is 8.90. The molecule has 9 heavy (non-hydrogen) atoms. The van der Waals surface area contributed by atoms with Crippen molar-refractivity contribution in [2.75, 3.05) is 13.2 Å². The van der Waals surface area contributed by atoms with Gasteiger partial charge in [-0.3, -0.25) is 0 Å². The van der Waals surface area contributed by atoms with Crippen molar-refractivity contribution in [2.45, 2.75) is 12.8 Å². The summed E-state index contributed by atoms with van der Waals surface area (Å²) in [5.41, 5.74) is 0. The third kappa shape index (κ3) is 7.90. The number of rotatable bonds is 5. The highest BCUT2D eigenvalue weighted by Crippen LogP contribution is 1.87. The zero-order chi connectivity index (χ0) is 7.11. The minimum absolute atomic E-state index is 0.116. The highest BCUT2D eigenvalue weighted by atomic mass is 16.6. The monoisotopic (exact) mass is 134 g/mol. The van der Waals surface area contributed by atoms with E-state index in [0.717, 1.165) is 0 Å². The molecule has 0 aliphatic heterocycles. The van der Waals surface area contributed by atoms with E-state index < -0.39 is 7.32 Å². The lowest BCUT2D eigenvalue weighted by molar-refractivity contribution is 0.175. The first-order valence-electron chi connectivity index (χ1n) is 2.86. The molecule has 0 aromatic carbocycles. The first-order valence-corrected chi connectivity index (χ1v) is 2.86. The summed E-state index contributed by atoms with van der Waals surface area (Å²) in [6.07, 6.45) is 1.28. The lowest BCUT2D eigenvalue weighted by Gasteiger charge is -1.99. The smallest absolute Gasteiger partial charge is 0.402 e. The molecule has 0 bridgehead atoms. The van der Waals surface area contributed by atoms with Crippen LogP contribution < -0.4 is 0 Å². The third-order valence-electron chi connectivity index (χ3n) is 0.819. The third-order valence-corrected chi connectivity index (χ3v) is 0.819. The number of hydrogen-bond donors (Lipinski definition) is 3. The zero-order valence-electron chi connectivity index (χ0n) is 5.16. The summed E-state index contributed by atoms with van der Waals surface area (Å²) in [5, 5.41) is 24.5. The second-order valence-corrected chi connectivity index (χ2v) is 1.63. The summed E-state index contributed by atoms with van der Waals surface area (Å²) >= 11 is 0. The quantitative estimate of drug-likeness (QED) is 0.324. The fourth-order valence-electron chi connectivity index (χ4n) is 0.403.